The lowest BCUT2D eigenvalue weighted by Crippen LogP contribution is -2.00. The molecule has 0 radical (unpaired) electrons. The maximum Gasteiger partial charge on any atom is 0.213 e. The Morgan fingerprint density at radius 2 is 1.00 bits per heavy atom. The summed E-state index contributed by atoms with van der Waals surface area (Å²) in [6.07, 6.45) is 23.0. The van der Waals surface area contributed by atoms with Crippen molar-refractivity contribution in [1.82, 2.24) is 4.98 Å². The van der Waals surface area contributed by atoms with Crippen LogP contribution in [0.25, 0.3) is 21.7 Å². The van der Waals surface area contributed by atoms with E-state index in [1.165, 1.54) is 96.3 Å². The van der Waals surface area contributed by atoms with Gasteiger partial charge in [-0.2, -0.15) is 0 Å². The zero-order valence-electron chi connectivity index (χ0n) is 24.7. The van der Waals surface area contributed by atoms with Gasteiger partial charge in [0.15, 0.2) is 11.6 Å². The van der Waals surface area contributed by atoms with Crippen molar-refractivity contribution >= 4 is 21.7 Å². The fraction of sp³-hybridized carbons (Fsp3) is 0.629. The van der Waals surface area contributed by atoms with Crippen LogP contribution in [0.3, 0.4) is 0 Å². The van der Waals surface area contributed by atoms with Gasteiger partial charge in [0.1, 0.15) is 0 Å². The van der Waals surface area contributed by atoms with Crippen molar-refractivity contribution in [2.45, 2.75) is 129 Å². The van der Waals surface area contributed by atoms with Gasteiger partial charge in [-0.25, -0.2) is 9.37 Å². The Bertz CT molecular complexity index is 1080. The molecule has 1 heterocycles. The van der Waals surface area contributed by atoms with Crippen molar-refractivity contribution in [2.24, 2.45) is 0 Å². The number of hydrogen-bond acceptors (Lipinski definition) is 3. The molecule has 0 saturated carbocycles. The summed E-state index contributed by atoms with van der Waals surface area (Å²) < 4.78 is 27.0. The van der Waals surface area contributed by atoms with Crippen LogP contribution in [-0.2, 0) is 0 Å². The topological polar surface area (TPSA) is 31.4 Å². The highest BCUT2D eigenvalue weighted by Crippen LogP contribution is 2.32. The van der Waals surface area contributed by atoms with Gasteiger partial charge in [0.25, 0.3) is 0 Å². The molecule has 0 aliphatic heterocycles. The molecule has 0 bridgehead atoms. The SMILES string of the molecule is CCCCCCCCCCCCOc1ccc2c(ccc3nc(OCCCCCCCCCC)ccc32)c1F. The summed E-state index contributed by atoms with van der Waals surface area (Å²) in [6, 6.07) is 11.3. The van der Waals surface area contributed by atoms with Crippen LogP contribution in [0.15, 0.2) is 36.4 Å². The molecule has 0 fully saturated rings. The minimum atomic E-state index is -0.281. The van der Waals surface area contributed by atoms with Gasteiger partial charge in [-0.05, 0) is 48.6 Å². The van der Waals surface area contributed by atoms with Crippen molar-refractivity contribution in [3.63, 3.8) is 0 Å². The first-order valence-corrected chi connectivity index (χ1v) is 16.0. The molecular weight excluding hydrogens is 485 g/mol. The minimum Gasteiger partial charge on any atom is -0.490 e. The molecule has 3 rings (SSSR count). The van der Waals surface area contributed by atoms with Gasteiger partial charge in [-0.3, -0.25) is 0 Å². The molecule has 3 aromatic rings. The number of hydrogen-bond donors (Lipinski definition) is 0. The number of fused-ring (bicyclic) bond motifs is 3. The fourth-order valence-electron chi connectivity index (χ4n) is 5.32. The van der Waals surface area contributed by atoms with E-state index in [-0.39, 0.29) is 5.82 Å². The number of benzene rings is 2. The third-order valence-electron chi connectivity index (χ3n) is 7.74. The predicted octanol–water partition coefficient (Wildman–Crippen LogP) is 11.3. The Morgan fingerprint density at radius 1 is 0.513 bits per heavy atom. The summed E-state index contributed by atoms with van der Waals surface area (Å²) in [5, 5.41) is 2.38. The van der Waals surface area contributed by atoms with E-state index in [9.17, 15) is 0 Å². The largest absolute Gasteiger partial charge is 0.490 e. The molecule has 0 N–H and O–H groups in total. The van der Waals surface area contributed by atoms with E-state index in [0.717, 1.165) is 35.6 Å². The zero-order chi connectivity index (χ0) is 27.5. The molecule has 4 heteroatoms. The molecule has 0 spiro atoms. The second kappa shape index (κ2) is 18.8. The van der Waals surface area contributed by atoms with Crippen molar-refractivity contribution in [3.8, 4) is 11.6 Å². The molecule has 0 unspecified atom stereocenters. The molecule has 2 aromatic carbocycles. The molecule has 1 aromatic heterocycles. The first kappa shape index (κ1) is 31.2. The van der Waals surface area contributed by atoms with E-state index in [1.54, 1.807) is 6.07 Å². The third-order valence-corrected chi connectivity index (χ3v) is 7.74. The molecule has 0 aliphatic carbocycles. The molecular formula is C35H52FNO2. The van der Waals surface area contributed by atoms with E-state index in [2.05, 4.69) is 18.8 Å². The molecule has 0 amide bonds. The fourth-order valence-corrected chi connectivity index (χ4v) is 5.32. The quantitative estimate of drug-likeness (QED) is 0.0943. The number of halogens is 1. The highest BCUT2D eigenvalue weighted by molar-refractivity contribution is 6.06. The number of unbranched alkanes of at least 4 members (excludes halogenated alkanes) is 16. The molecule has 0 aliphatic rings. The Hall–Kier alpha value is -2.36. The monoisotopic (exact) mass is 537 g/mol. The van der Waals surface area contributed by atoms with Gasteiger partial charge in [-0.1, -0.05) is 117 Å². The summed E-state index contributed by atoms with van der Waals surface area (Å²) in [5.74, 6) is 0.703. The average Bonchev–Trinajstić information content (AvgIpc) is 2.95. The Kier molecular flexibility index (Phi) is 15.1. The Balaban J connectivity index is 1.41. The van der Waals surface area contributed by atoms with Crippen LogP contribution in [0.1, 0.15) is 129 Å². The van der Waals surface area contributed by atoms with Crippen LogP contribution >= 0.6 is 0 Å². The van der Waals surface area contributed by atoms with Crippen molar-refractivity contribution in [3.05, 3.63) is 42.2 Å². The highest BCUT2D eigenvalue weighted by Gasteiger charge is 2.12. The van der Waals surface area contributed by atoms with Crippen molar-refractivity contribution in [1.29, 1.82) is 0 Å². The maximum atomic E-state index is 15.3. The zero-order valence-corrected chi connectivity index (χ0v) is 24.7. The molecule has 0 atom stereocenters. The van der Waals surface area contributed by atoms with Gasteiger partial charge in [0.05, 0.1) is 18.7 Å². The van der Waals surface area contributed by atoms with Crippen LogP contribution in [0.5, 0.6) is 11.6 Å². The third kappa shape index (κ3) is 11.0. The van der Waals surface area contributed by atoms with E-state index in [0.29, 0.717) is 30.2 Å². The van der Waals surface area contributed by atoms with Crippen LogP contribution in [0.2, 0.25) is 0 Å². The number of rotatable bonds is 22. The average molecular weight is 538 g/mol. The van der Waals surface area contributed by atoms with E-state index >= 15 is 4.39 Å². The minimum absolute atomic E-state index is 0.281. The second-order valence-corrected chi connectivity index (χ2v) is 11.1. The summed E-state index contributed by atoms with van der Waals surface area (Å²) in [6.45, 7) is 5.77. The lowest BCUT2D eigenvalue weighted by molar-refractivity contribution is 0.291. The first-order valence-electron chi connectivity index (χ1n) is 16.0. The van der Waals surface area contributed by atoms with Gasteiger partial charge in [0.2, 0.25) is 5.88 Å². The highest BCUT2D eigenvalue weighted by atomic mass is 19.1. The first-order chi connectivity index (χ1) is 19.2. The van der Waals surface area contributed by atoms with E-state index in [4.69, 9.17) is 9.47 Å². The van der Waals surface area contributed by atoms with Crippen molar-refractivity contribution in [2.75, 3.05) is 13.2 Å². The van der Waals surface area contributed by atoms with Gasteiger partial charge in [-0.15, -0.1) is 0 Å². The van der Waals surface area contributed by atoms with Crippen molar-refractivity contribution < 1.29 is 13.9 Å². The number of nitrogens with zero attached hydrogens (tertiary/aromatic N) is 1. The summed E-state index contributed by atoms with van der Waals surface area (Å²) in [7, 11) is 0. The summed E-state index contributed by atoms with van der Waals surface area (Å²) >= 11 is 0. The van der Waals surface area contributed by atoms with Crippen LogP contribution in [0.4, 0.5) is 4.39 Å². The van der Waals surface area contributed by atoms with Crippen LogP contribution < -0.4 is 9.47 Å². The molecule has 39 heavy (non-hydrogen) atoms. The van der Waals surface area contributed by atoms with E-state index in [1.807, 2.05) is 30.3 Å². The lowest BCUT2D eigenvalue weighted by Gasteiger charge is -2.11. The smallest absolute Gasteiger partial charge is 0.213 e. The maximum absolute atomic E-state index is 15.3. The van der Waals surface area contributed by atoms with Gasteiger partial charge >= 0.3 is 0 Å². The van der Waals surface area contributed by atoms with Crippen LogP contribution in [-0.4, -0.2) is 18.2 Å². The van der Waals surface area contributed by atoms with Gasteiger partial charge < -0.3 is 9.47 Å². The van der Waals surface area contributed by atoms with E-state index < -0.39 is 0 Å². The summed E-state index contributed by atoms with van der Waals surface area (Å²) in [5.41, 5.74) is 0.828. The standard InChI is InChI=1S/C35H52FNO2/c1-3-5-7-9-11-13-14-16-17-19-27-38-33-25-22-29-30-23-26-34(37-32(30)24-21-31(29)35(33)36)39-28-20-18-15-12-10-8-6-4-2/h21-26H,3-20,27-28H2,1-2H3. The molecule has 3 nitrogen and oxygen atoms in total. The lowest BCUT2D eigenvalue weighted by atomic mass is 10.0. The van der Waals surface area contributed by atoms with Gasteiger partial charge in [0, 0.05) is 16.8 Å². The van der Waals surface area contributed by atoms with Crippen LogP contribution in [0, 0.1) is 5.82 Å². The number of aromatic nitrogens is 1. The summed E-state index contributed by atoms with van der Waals surface area (Å²) in [4.78, 5) is 4.68. The Labute approximate surface area is 236 Å². The molecule has 216 valence electrons. The Morgan fingerprint density at radius 3 is 1.59 bits per heavy atom. The second-order valence-electron chi connectivity index (χ2n) is 11.1. The normalized spacial score (nSPS) is 11.5. The number of ether oxygens (including phenoxy) is 2. The number of pyridine rings is 1. The predicted molar refractivity (Wildman–Crippen MR) is 165 cm³/mol. The molecule has 0 saturated heterocycles.